The molecule has 1 unspecified atom stereocenters. The number of hydrogen-bond donors (Lipinski definition) is 4. The van der Waals surface area contributed by atoms with Gasteiger partial charge < -0.3 is 15.5 Å². The molecule has 0 aliphatic heterocycles. The van der Waals surface area contributed by atoms with Crippen LogP contribution in [0, 0.1) is 0 Å². The number of aliphatic carboxylic acids is 2. The van der Waals surface area contributed by atoms with Gasteiger partial charge in [-0.1, -0.05) is 0 Å². The van der Waals surface area contributed by atoms with Crippen LogP contribution in [-0.4, -0.2) is 49.3 Å². The summed E-state index contributed by atoms with van der Waals surface area (Å²) >= 11 is 0. The smallest absolute Gasteiger partial charge is 0.326 e. The molecule has 1 atom stereocenters. The van der Waals surface area contributed by atoms with Crippen LogP contribution in [-0.2, 0) is 9.59 Å². The molecule has 0 saturated heterocycles. The van der Waals surface area contributed by atoms with Gasteiger partial charge in [-0.05, 0) is 0 Å². The van der Waals surface area contributed by atoms with Gasteiger partial charge in [-0.25, -0.2) is 9.78 Å². The van der Waals surface area contributed by atoms with Crippen LogP contribution in [0.25, 0.3) is 0 Å². The number of rotatable bonds is 5. The van der Waals surface area contributed by atoms with Gasteiger partial charge in [-0.15, -0.1) is 0 Å². The molecule has 0 aliphatic carbocycles. The lowest BCUT2D eigenvalue weighted by molar-refractivity contribution is -0.145. The topological polar surface area (TPSA) is 145 Å². The van der Waals surface area contributed by atoms with Gasteiger partial charge in [0.15, 0.2) is 0 Å². The fourth-order valence-electron chi connectivity index (χ4n) is 0.916. The summed E-state index contributed by atoms with van der Waals surface area (Å²) in [7, 11) is 0. The SMILES string of the molecule is O=C(O)CC(NC(=O)c1ncn[nH]1)C(=O)O. The Labute approximate surface area is 88.5 Å². The summed E-state index contributed by atoms with van der Waals surface area (Å²) in [4.78, 5) is 35.7. The Morgan fingerprint density at radius 3 is 2.56 bits per heavy atom. The van der Waals surface area contributed by atoms with Crippen molar-refractivity contribution in [3.05, 3.63) is 12.2 Å². The van der Waals surface area contributed by atoms with E-state index in [0.717, 1.165) is 6.33 Å². The molecule has 1 aromatic rings. The second-order valence-electron chi connectivity index (χ2n) is 2.80. The number of hydrogen-bond acceptors (Lipinski definition) is 5. The summed E-state index contributed by atoms with van der Waals surface area (Å²) in [5, 5.41) is 24.7. The van der Waals surface area contributed by atoms with Crippen molar-refractivity contribution in [2.45, 2.75) is 12.5 Å². The molecule has 86 valence electrons. The fraction of sp³-hybridized carbons (Fsp3) is 0.286. The van der Waals surface area contributed by atoms with Crippen LogP contribution in [0.3, 0.4) is 0 Å². The van der Waals surface area contributed by atoms with E-state index < -0.39 is 30.3 Å². The highest BCUT2D eigenvalue weighted by Gasteiger charge is 2.24. The van der Waals surface area contributed by atoms with E-state index in [2.05, 4.69) is 15.2 Å². The van der Waals surface area contributed by atoms with E-state index in [1.807, 2.05) is 5.32 Å². The summed E-state index contributed by atoms with van der Waals surface area (Å²) in [6, 6.07) is -1.50. The molecule has 1 rings (SSSR count). The highest BCUT2D eigenvalue weighted by atomic mass is 16.4. The Morgan fingerprint density at radius 2 is 2.12 bits per heavy atom. The zero-order valence-electron chi connectivity index (χ0n) is 7.88. The second kappa shape index (κ2) is 4.87. The third kappa shape index (κ3) is 3.04. The lowest BCUT2D eigenvalue weighted by Gasteiger charge is -2.10. The van der Waals surface area contributed by atoms with E-state index in [9.17, 15) is 14.4 Å². The van der Waals surface area contributed by atoms with Gasteiger partial charge in [-0.3, -0.25) is 14.7 Å². The van der Waals surface area contributed by atoms with Gasteiger partial charge in [0.05, 0.1) is 6.42 Å². The minimum atomic E-state index is -1.50. The maximum absolute atomic E-state index is 11.3. The number of carbonyl (C=O) groups excluding carboxylic acids is 1. The van der Waals surface area contributed by atoms with E-state index >= 15 is 0 Å². The van der Waals surface area contributed by atoms with Crippen molar-refractivity contribution >= 4 is 17.8 Å². The first-order chi connectivity index (χ1) is 7.50. The highest BCUT2D eigenvalue weighted by molar-refractivity contribution is 5.94. The Hall–Kier alpha value is -2.45. The van der Waals surface area contributed by atoms with Crippen molar-refractivity contribution in [1.82, 2.24) is 20.5 Å². The molecule has 9 nitrogen and oxygen atoms in total. The number of aromatic amines is 1. The van der Waals surface area contributed by atoms with Gasteiger partial charge >= 0.3 is 11.9 Å². The Morgan fingerprint density at radius 1 is 1.44 bits per heavy atom. The second-order valence-corrected chi connectivity index (χ2v) is 2.80. The third-order valence-electron chi connectivity index (χ3n) is 1.61. The maximum Gasteiger partial charge on any atom is 0.326 e. The predicted molar refractivity (Wildman–Crippen MR) is 47.5 cm³/mol. The van der Waals surface area contributed by atoms with Gasteiger partial charge in [0.2, 0.25) is 5.82 Å². The minimum absolute atomic E-state index is 0.184. The first-order valence-corrected chi connectivity index (χ1v) is 4.11. The molecule has 0 radical (unpaired) electrons. The van der Waals surface area contributed by atoms with Crippen LogP contribution in [0.2, 0.25) is 0 Å². The predicted octanol–water partition coefficient (Wildman–Crippen LogP) is -1.54. The third-order valence-corrected chi connectivity index (χ3v) is 1.61. The number of nitrogens with zero attached hydrogens (tertiary/aromatic N) is 2. The van der Waals surface area contributed by atoms with Gasteiger partial charge in [0.25, 0.3) is 5.91 Å². The summed E-state index contributed by atoms with van der Waals surface area (Å²) in [6.07, 6.45) is 0.358. The molecular weight excluding hydrogens is 220 g/mol. The maximum atomic E-state index is 11.3. The molecule has 0 saturated carbocycles. The zero-order valence-corrected chi connectivity index (χ0v) is 7.88. The van der Waals surface area contributed by atoms with Crippen molar-refractivity contribution in [3.63, 3.8) is 0 Å². The van der Waals surface area contributed by atoms with E-state index in [-0.39, 0.29) is 5.82 Å². The summed E-state index contributed by atoms with van der Waals surface area (Å²) in [5.74, 6) is -3.77. The molecule has 9 heteroatoms. The van der Waals surface area contributed by atoms with E-state index in [1.54, 1.807) is 0 Å². The summed E-state index contributed by atoms with van der Waals surface area (Å²) in [5.41, 5.74) is 0. The van der Waals surface area contributed by atoms with Crippen molar-refractivity contribution < 1.29 is 24.6 Å². The van der Waals surface area contributed by atoms with E-state index in [0.29, 0.717) is 0 Å². The average Bonchev–Trinajstić information content (AvgIpc) is 2.68. The number of carboxylic acids is 2. The summed E-state index contributed by atoms with van der Waals surface area (Å²) in [6.45, 7) is 0. The van der Waals surface area contributed by atoms with E-state index in [4.69, 9.17) is 10.2 Å². The van der Waals surface area contributed by atoms with Crippen molar-refractivity contribution in [1.29, 1.82) is 0 Å². The molecule has 0 spiro atoms. The van der Waals surface area contributed by atoms with Gasteiger partial charge in [0, 0.05) is 0 Å². The molecule has 1 heterocycles. The fourth-order valence-corrected chi connectivity index (χ4v) is 0.916. The number of amides is 1. The van der Waals surface area contributed by atoms with Crippen LogP contribution in [0.1, 0.15) is 17.0 Å². The highest BCUT2D eigenvalue weighted by Crippen LogP contribution is 1.95. The van der Waals surface area contributed by atoms with Crippen LogP contribution < -0.4 is 5.32 Å². The first-order valence-electron chi connectivity index (χ1n) is 4.11. The molecule has 0 bridgehead atoms. The molecule has 0 aliphatic rings. The molecule has 0 fully saturated rings. The van der Waals surface area contributed by atoms with Crippen LogP contribution in [0.4, 0.5) is 0 Å². The molecule has 16 heavy (non-hydrogen) atoms. The molecular formula is C7H8N4O5. The molecule has 4 N–H and O–H groups in total. The summed E-state index contributed by atoms with van der Waals surface area (Å²) < 4.78 is 0. The van der Waals surface area contributed by atoms with Crippen LogP contribution >= 0.6 is 0 Å². The van der Waals surface area contributed by atoms with Crippen molar-refractivity contribution in [2.75, 3.05) is 0 Å². The van der Waals surface area contributed by atoms with Crippen LogP contribution in [0.5, 0.6) is 0 Å². The van der Waals surface area contributed by atoms with Gasteiger partial charge in [0.1, 0.15) is 12.4 Å². The van der Waals surface area contributed by atoms with Crippen molar-refractivity contribution in [2.24, 2.45) is 0 Å². The monoisotopic (exact) mass is 228 g/mol. The van der Waals surface area contributed by atoms with E-state index in [1.165, 1.54) is 0 Å². The standard InChI is InChI=1S/C7H8N4O5/c12-4(13)1-3(7(15)16)10-6(14)5-8-2-9-11-5/h2-3H,1H2,(H,10,14)(H,12,13)(H,15,16)(H,8,9,11). The number of aromatic nitrogens is 3. The number of carbonyl (C=O) groups is 3. The number of carboxylic acid groups (broad SMARTS) is 2. The molecule has 1 aromatic heterocycles. The average molecular weight is 228 g/mol. The van der Waals surface area contributed by atoms with Crippen LogP contribution in [0.15, 0.2) is 6.33 Å². The zero-order chi connectivity index (χ0) is 12.1. The molecule has 0 aromatic carbocycles. The Kier molecular flexibility index (Phi) is 3.53. The quantitative estimate of drug-likeness (QED) is 0.477. The number of H-pyrrole nitrogens is 1. The Balaban J connectivity index is 2.65. The molecule has 1 amide bonds. The van der Waals surface area contributed by atoms with Crippen molar-refractivity contribution in [3.8, 4) is 0 Å². The largest absolute Gasteiger partial charge is 0.481 e. The Bertz CT molecular complexity index is 401. The lowest BCUT2D eigenvalue weighted by Crippen LogP contribution is -2.42. The lowest BCUT2D eigenvalue weighted by atomic mass is 10.2. The minimum Gasteiger partial charge on any atom is -0.481 e. The number of nitrogens with one attached hydrogen (secondary N) is 2. The normalized spacial score (nSPS) is 11.8. The first kappa shape index (κ1) is 11.6. The van der Waals surface area contributed by atoms with Gasteiger partial charge in [-0.2, -0.15) is 5.10 Å².